The number of nitrogens with zero attached hydrogens (tertiary/aromatic N) is 4. The summed E-state index contributed by atoms with van der Waals surface area (Å²) in [5.74, 6) is 1.98. The molecule has 6 heteroatoms. The summed E-state index contributed by atoms with van der Waals surface area (Å²) < 4.78 is 1.89. The van der Waals surface area contributed by atoms with E-state index in [2.05, 4.69) is 53.3 Å². The third-order valence-electron chi connectivity index (χ3n) is 6.96. The maximum absolute atomic E-state index is 12.7. The van der Waals surface area contributed by atoms with Crippen LogP contribution in [0.3, 0.4) is 0 Å². The predicted octanol–water partition coefficient (Wildman–Crippen LogP) is 5.52. The zero-order valence-corrected chi connectivity index (χ0v) is 19.1. The van der Waals surface area contributed by atoms with E-state index in [4.69, 9.17) is 4.98 Å². The van der Waals surface area contributed by atoms with Crippen LogP contribution in [0.15, 0.2) is 47.4 Å². The molecule has 2 unspecified atom stereocenters. The second kappa shape index (κ2) is 8.93. The fourth-order valence-electron chi connectivity index (χ4n) is 5.55. The van der Waals surface area contributed by atoms with Gasteiger partial charge >= 0.3 is 0 Å². The van der Waals surface area contributed by atoms with Crippen molar-refractivity contribution in [2.24, 2.45) is 11.8 Å². The second-order valence-electron chi connectivity index (χ2n) is 9.83. The molecule has 3 aromatic rings. The van der Waals surface area contributed by atoms with Crippen LogP contribution in [0, 0.1) is 11.8 Å². The van der Waals surface area contributed by atoms with Crippen LogP contribution < -0.4 is 15.8 Å². The average Bonchev–Trinajstić information content (AvgIpc) is 2.79. The Morgan fingerprint density at radius 1 is 0.938 bits per heavy atom. The second-order valence-corrected chi connectivity index (χ2v) is 9.83. The first-order chi connectivity index (χ1) is 15.6. The van der Waals surface area contributed by atoms with E-state index in [9.17, 15) is 4.79 Å². The third-order valence-corrected chi connectivity index (χ3v) is 6.96. The number of piperidine rings is 1. The Bertz CT molecular complexity index is 1120. The summed E-state index contributed by atoms with van der Waals surface area (Å²) >= 11 is 0. The molecule has 2 aromatic heterocycles. The van der Waals surface area contributed by atoms with Crippen LogP contribution in [-0.2, 0) is 0 Å². The van der Waals surface area contributed by atoms with Gasteiger partial charge in [-0.1, -0.05) is 33.1 Å². The van der Waals surface area contributed by atoms with Crippen LogP contribution in [0.25, 0.3) is 11.0 Å². The van der Waals surface area contributed by atoms with Crippen molar-refractivity contribution in [1.29, 1.82) is 0 Å². The SMILES string of the molecule is CC1CC(C)CN(c2ccc(Nc3ncc4ccc(=O)n(C5CCCCC5)c4n3)cc2)C1. The van der Waals surface area contributed by atoms with Crippen molar-refractivity contribution < 1.29 is 0 Å². The molecule has 1 aliphatic carbocycles. The van der Waals surface area contributed by atoms with Gasteiger partial charge in [0.15, 0.2) is 0 Å². The van der Waals surface area contributed by atoms with Gasteiger partial charge in [0.2, 0.25) is 5.95 Å². The third kappa shape index (κ3) is 4.36. The molecule has 2 aliphatic rings. The monoisotopic (exact) mass is 431 g/mol. The molecule has 1 aromatic carbocycles. The van der Waals surface area contributed by atoms with Gasteiger partial charge < -0.3 is 10.2 Å². The Labute approximate surface area is 189 Å². The summed E-state index contributed by atoms with van der Waals surface area (Å²) in [6.07, 6.45) is 8.80. The van der Waals surface area contributed by atoms with Crippen molar-refractivity contribution in [2.75, 3.05) is 23.3 Å². The number of rotatable bonds is 4. The van der Waals surface area contributed by atoms with Crippen LogP contribution in [0.1, 0.15) is 58.4 Å². The zero-order valence-electron chi connectivity index (χ0n) is 19.1. The van der Waals surface area contributed by atoms with Crippen LogP contribution in [-0.4, -0.2) is 27.6 Å². The molecule has 6 nitrogen and oxygen atoms in total. The lowest BCUT2D eigenvalue weighted by Crippen LogP contribution is -2.38. The van der Waals surface area contributed by atoms with Crippen LogP contribution >= 0.6 is 0 Å². The average molecular weight is 432 g/mol. The molecular weight excluding hydrogens is 398 g/mol. The standard InChI is InChI=1S/C26H33N5O/c1-18-14-19(2)17-30(16-18)22-11-9-21(10-12-22)28-26-27-15-20-8-13-24(32)31(25(20)29-26)23-6-4-3-5-7-23/h8-13,15,18-19,23H,3-7,14,16-17H2,1-2H3,(H,27,28,29). The van der Waals surface area contributed by atoms with Crippen LogP contribution in [0.5, 0.6) is 0 Å². The molecule has 32 heavy (non-hydrogen) atoms. The summed E-state index contributed by atoms with van der Waals surface area (Å²) in [5.41, 5.74) is 2.98. The molecule has 3 heterocycles. The number of benzene rings is 1. The zero-order chi connectivity index (χ0) is 22.1. The normalized spacial score (nSPS) is 22.2. The highest BCUT2D eigenvalue weighted by atomic mass is 16.1. The van der Waals surface area contributed by atoms with Gasteiger partial charge in [0.25, 0.3) is 5.56 Å². The van der Waals surface area contributed by atoms with E-state index >= 15 is 0 Å². The molecule has 2 atom stereocenters. The van der Waals surface area contributed by atoms with Gasteiger partial charge in [0.1, 0.15) is 5.65 Å². The van der Waals surface area contributed by atoms with Crippen molar-refractivity contribution in [2.45, 2.75) is 58.4 Å². The topological polar surface area (TPSA) is 63.1 Å². The summed E-state index contributed by atoms with van der Waals surface area (Å²) in [6.45, 7) is 6.90. The van der Waals surface area contributed by atoms with Crippen LogP contribution in [0.4, 0.5) is 17.3 Å². The highest BCUT2D eigenvalue weighted by Gasteiger charge is 2.22. The molecule has 0 spiro atoms. The van der Waals surface area contributed by atoms with E-state index in [1.54, 1.807) is 6.07 Å². The van der Waals surface area contributed by atoms with E-state index in [-0.39, 0.29) is 11.6 Å². The maximum atomic E-state index is 12.7. The Balaban J connectivity index is 1.39. The van der Waals surface area contributed by atoms with Gasteiger partial charge in [-0.25, -0.2) is 4.98 Å². The van der Waals surface area contributed by atoms with Gasteiger partial charge in [0.05, 0.1) is 0 Å². The molecule has 0 amide bonds. The molecule has 1 saturated heterocycles. The van der Waals surface area contributed by atoms with Crippen LogP contribution in [0.2, 0.25) is 0 Å². The highest BCUT2D eigenvalue weighted by molar-refractivity contribution is 5.76. The van der Waals surface area contributed by atoms with Crippen molar-refractivity contribution in [3.8, 4) is 0 Å². The van der Waals surface area contributed by atoms with E-state index in [0.717, 1.165) is 54.5 Å². The molecule has 1 aliphatic heterocycles. The van der Waals surface area contributed by atoms with Gasteiger partial charge in [-0.2, -0.15) is 4.98 Å². The molecule has 0 bridgehead atoms. The summed E-state index contributed by atoms with van der Waals surface area (Å²) in [6, 6.07) is 12.2. The number of hydrogen-bond donors (Lipinski definition) is 1. The lowest BCUT2D eigenvalue weighted by molar-refractivity contribution is 0.353. The highest BCUT2D eigenvalue weighted by Crippen LogP contribution is 2.30. The molecule has 1 saturated carbocycles. The van der Waals surface area contributed by atoms with Gasteiger partial charge in [-0.15, -0.1) is 0 Å². The van der Waals surface area contributed by atoms with Crippen molar-refractivity contribution in [3.05, 3.63) is 52.9 Å². The lowest BCUT2D eigenvalue weighted by atomic mass is 9.91. The molecular formula is C26H33N5O. The van der Waals surface area contributed by atoms with Gasteiger partial charge in [0, 0.05) is 48.2 Å². The number of anilines is 3. The summed E-state index contributed by atoms with van der Waals surface area (Å²) in [4.78, 5) is 24.5. The van der Waals surface area contributed by atoms with E-state index in [1.807, 2.05) is 16.8 Å². The van der Waals surface area contributed by atoms with Crippen molar-refractivity contribution in [1.82, 2.24) is 14.5 Å². The molecule has 2 fully saturated rings. The minimum atomic E-state index is 0.0309. The molecule has 168 valence electrons. The Hall–Kier alpha value is -2.89. The maximum Gasteiger partial charge on any atom is 0.252 e. The predicted molar refractivity (Wildman–Crippen MR) is 131 cm³/mol. The number of aromatic nitrogens is 3. The van der Waals surface area contributed by atoms with Crippen molar-refractivity contribution >= 4 is 28.4 Å². The summed E-state index contributed by atoms with van der Waals surface area (Å²) in [5, 5.41) is 4.24. The smallest absolute Gasteiger partial charge is 0.252 e. The number of fused-ring (bicyclic) bond motifs is 1. The van der Waals surface area contributed by atoms with Gasteiger partial charge in [-0.3, -0.25) is 9.36 Å². The molecule has 5 rings (SSSR count). The lowest BCUT2D eigenvalue weighted by Gasteiger charge is -2.36. The molecule has 1 N–H and O–H groups in total. The minimum Gasteiger partial charge on any atom is -0.371 e. The first kappa shape index (κ1) is 21.0. The Morgan fingerprint density at radius 3 is 2.38 bits per heavy atom. The largest absolute Gasteiger partial charge is 0.371 e. The first-order valence-corrected chi connectivity index (χ1v) is 12.1. The Morgan fingerprint density at radius 2 is 1.66 bits per heavy atom. The Kier molecular flexibility index (Phi) is 5.85. The van der Waals surface area contributed by atoms with E-state index in [0.29, 0.717) is 5.95 Å². The number of pyridine rings is 1. The number of hydrogen-bond acceptors (Lipinski definition) is 5. The van der Waals surface area contributed by atoms with E-state index < -0.39 is 0 Å². The summed E-state index contributed by atoms with van der Waals surface area (Å²) in [7, 11) is 0. The van der Waals surface area contributed by atoms with E-state index in [1.165, 1.54) is 31.4 Å². The fourth-order valence-corrected chi connectivity index (χ4v) is 5.55. The number of nitrogens with one attached hydrogen (secondary N) is 1. The van der Waals surface area contributed by atoms with Crippen molar-refractivity contribution in [3.63, 3.8) is 0 Å². The molecule has 0 radical (unpaired) electrons. The van der Waals surface area contributed by atoms with Gasteiger partial charge in [-0.05, 0) is 61.4 Å². The first-order valence-electron chi connectivity index (χ1n) is 12.1. The quantitative estimate of drug-likeness (QED) is 0.589. The minimum absolute atomic E-state index is 0.0309. The fraction of sp³-hybridized carbons (Fsp3) is 0.500.